The van der Waals surface area contributed by atoms with Crippen molar-refractivity contribution in [2.75, 3.05) is 0 Å². The normalized spacial score (nSPS) is 12.7. The Morgan fingerprint density at radius 2 is 1.26 bits per heavy atom. The standard InChI is InChI=1S/C34H34N4O4.Ca.2H/c1-7-21-17(3)25-13-26-19(5)23(9-11-33(39)40)31(37-26)16-32-24(10-12-34(41)42)20(6)28(38-32)15-30-22(8-2)18(4)27(36-30)14-29(21)35-25;;;/h7-8,13-16,35,38H,1-2,9-12H2,3-6H3,(H,39,40)(H,41,42);;;. The maximum atomic E-state index is 11.5. The summed E-state index contributed by atoms with van der Waals surface area (Å²) >= 11 is 0. The van der Waals surface area contributed by atoms with Crippen LogP contribution in [-0.2, 0) is 16.0 Å². The van der Waals surface area contributed by atoms with Gasteiger partial charge in [-0.15, -0.1) is 0 Å². The number of allylic oxidation sites excluding steroid dienone is 5. The summed E-state index contributed by atoms with van der Waals surface area (Å²) in [5.74, 6) is -1.76. The molecular weight excluding hydrogens is 568 g/mol. The summed E-state index contributed by atoms with van der Waals surface area (Å²) in [6.07, 6.45) is 4.22. The fourth-order valence-corrected chi connectivity index (χ4v) is 5.77. The van der Waals surface area contributed by atoms with E-state index in [-0.39, 0.29) is 50.6 Å². The molecular formula is C34H36CaN4O4. The fraction of sp³-hybridized carbons (Fsp3) is 0.235. The second-order valence-corrected chi connectivity index (χ2v) is 10.7. The fourth-order valence-electron chi connectivity index (χ4n) is 5.77. The van der Waals surface area contributed by atoms with E-state index in [1.165, 1.54) is 0 Å². The Kier molecular flexibility index (Phi) is 9.64. The van der Waals surface area contributed by atoms with Crippen LogP contribution in [0, 0.1) is 13.8 Å². The molecule has 5 heterocycles. The molecule has 43 heavy (non-hydrogen) atoms. The van der Waals surface area contributed by atoms with Crippen LogP contribution in [0.1, 0.15) is 78.1 Å². The molecule has 3 aromatic rings. The Balaban J connectivity index is 0.00000423. The van der Waals surface area contributed by atoms with E-state index in [9.17, 15) is 19.8 Å². The number of carboxylic acid groups (broad SMARTS) is 2. The van der Waals surface area contributed by atoms with Gasteiger partial charge < -0.3 is 20.2 Å². The van der Waals surface area contributed by atoms with E-state index in [4.69, 9.17) is 9.97 Å². The maximum absolute atomic E-state index is 11.5. The molecule has 0 saturated carbocycles. The minimum absolute atomic E-state index is 0. The number of nitrogens with zero attached hydrogens (tertiary/aromatic N) is 2. The van der Waals surface area contributed by atoms with Gasteiger partial charge in [-0.25, -0.2) is 9.97 Å². The van der Waals surface area contributed by atoms with Gasteiger partial charge in [0.2, 0.25) is 0 Å². The van der Waals surface area contributed by atoms with Crippen molar-refractivity contribution in [3.8, 4) is 0 Å². The van der Waals surface area contributed by atoms with Crippen LogP contribution in [0.15, 0.2) is 43.5 Å². The van der Waals surface area contributed by atoms with E-state index in [1.807, 2.05) is 58.0 Å². The molecule has 8 nitrogen and oxygen atoms in total. The molecule has 3 aromatic heterocycles. The van der Waals surface area contributed by atoms with Crippen LogP contribution in [0.3, 0.4) is 0 Å². The Morgan fingerprint density at radius 1 is 0.721 bits per heavy atom. The molecule has 0 fully saturated rings. The van der Waals surface area contributed by atoms with Crippen LogP contribution in [0.25, 0.3) is 50.4 Å². The summed E-state index contributed by atoms with van der Waals surface area (Å²) in [5.41, 5.74) is 13.7. The van der Waals surface area contributed by atoms with Crippen LogP contribution in [0.4, 0.5) is 0 Å². The zero-order chi connectivity index (χ0) is 30.3. The first-order chi connectivity index (χ1) is 20.0. The third-order valence-electron chi connectivity index (χ3n) is 8.22. The van der Waals surface area contributed by atoms with Crippen molar-refractivity contribution in [2.24, 2.45) is 0 Å². The first-order valence-electron chi connectivity index (χ1n) is 13.9. The number of aliphatic carboxylic acids is 2. The van der Waals surface area contributed by atoms with E-state index in [2.05, 4.69) is 23.1 Å². The third kappa shape index (κ3) is 6.18. The average molecular weight is 605 g/mol. The number of carboxylic acids is 2. The summed E-state index contributed by atoms with van der Waals surface area (Å²) < 4.78 is 0. The number of rotatable bonds is 8. The average Bonchev–Trinajstić information content (AvgIpc) is 3.59. The number of aryl methyl sites for hydroxylation is 3. The van der Waals surface area contributed by atoms with E-state index in [0.717, 1.165) is 83.7 Å². The van der Waals surface area contributed by atoms with Crippen molar-refractivity contribution in [3.05, 3.63) is 88.5 Å². The van der Waals surface area contributed by atoms with E-state index >= 15 is 0 Å². The molecule has 5 rings (SSSR count). The van der Waals surface area contributed by atoms with E-state index < -0.39 is 11.9 Å². The molecule has 8 bridgehead atoms. The molecule has 2 aliphatic heterocycles. The number of hydrogen-bond donors (Lipinski definition) is 4. The van der Waals surface area contributed by atoms with Crippen LogP contribution in [0.2, 0.25) is 0 Å². The molecule has 2 aliphatic rings. The van der Waals surface area contributed by atoms with E-state index in [1.54, 1.807) is 6.08 Å². The van der Waals surface area contributed by atoms with Crippen molar-refractivity contribution >= 4 is 100 Å². The molecule has 9 heteroatoms. The van der Waals surface area contributed by atoms with Gasteiger partial charge in [-0.2, -0.15) is 0 Å². The molecule has 218 valence electrons. The topological polar surface area (TPSA) is 132 Å². The number of H-pyrrole nitrogens is 2. The predicted octanol–water partition coefficient (Wildman–Crippen LogP) is 6.59. The second kappa shape index (κ2) is 12.9. The van der Waals surface area contributed by atoms with Crippen molar-refractivity contribution in [2.45, 2.75) is 53.4 Å². The quantitative estimate of drug-likeness (QED) is 0.215. The Labute approximate surface area is 280 Å². The molecule has 0 radical (unpaired) electrons. The Hall–Kier alpha value is -3.72. The van der Waals surface area contributed by atoms with Gasteiger partial charge in [0.25, 0.3) is 0 Å². The molecule has 0 atom stereocenters. The zero-order valence-electron chi connectivity index (χ0n) is 24.3. The first-order valence-corrected chi connectivity index (χ1v) is 13.9. The van der Waals surface area contributed by atoms with Gasteiger partial charge in [0.15, 0.2) is 0 Å². The number of nitrogens with one attached hydrogen (secondary N) is 2. The Morgan fingerprint density at radius 3 is 1.91 bits per heavy atom. The summed E-state index contributed by atoms with van der Waals surface area (Å²) in [5, 5.41) is 18.9. The molecule has 0 aromatic carbocycles. The second-order valence-electron chi connectivity index (χ2n) is 10.7. The molecule has 0 amide bonds. The van der Waals surface area contributed by atoms with Crippen LogP contribution < -0.4 is 0 Å². The van der Waals surface area contributed by atoms with Crippen LogP contribution in [-0.4, -0.2) is 79.8 Å². The molecule has 0 saturated heterocycles. The van der Waals surface area contributed by atoms with Gasteiger partial charge >= 0.3 is 49.7 Å². The predicted molar refractivity (Wildman–Crippen MR) is 177 cm³/mol. The summed E-state index contributed by atoms with van der Waals surface area (Å²) in [6, 6.07) is 7.88. The van der Waals surface area contributed by atoms with Crippen molar-refractivity contribution in [1.29, 1.82) is 0 Å². The van der Waals surface area contributed by atoms with Gasteiger partial charge in [0, 0.05) is 46.0 Å². The van der Waals surface area contributed by atoms with E-state index in [0.29, 0.717) is 18.5 Å². The summed E-state index contributed by atoms with van der Waals surface area (Å²) in [7, 11) is 0. The summed E-state index contributed by atoms with van der Waals surface area (Å²) in [6.45, 7) is 16.0. The van der Waals surface area contributed by atoms with Gasteiger partial charge in [0.05, 0.1) is 22.8 Å². The molecule has 0 aliphatic carbocycles. The van der Waals surface area contributed by atoms with Crippen molar-refractivity contribution in [1.82, 2.24) is 19.9 Å². The number of aromatic nitrogens is 4. The zero-order valence-corrected chi connectivity index (χ0v) is 24.3. The van der Waals surface area contributed by atoms with Gasteiger partial charge in [-0.1, -0.05) is 25.3 Å². The SMILES string of the molecule is C=CC1=C(C)c2cc3[nH]c(cc4nc(cc5[nH]c(cc1n2)c(C)c5CCC(=O)O)C(CCC(=O)O)=C4C)c(C)c3C=C.[CaH2]. The van der Waals surface area contributed by atoms with Crippen molar-refractivity contribution in [3.63, 3.8) is 0 Å². The van der Waals surface area contributed by atoms with Crippen LogP contribution >= 0.6 is 0 Å². The number of fused-ring (bicyclic) bond motifs is 8. The molecule has 4 N–H and O–H groups in total. The number of carbonyl (C=O) groups is 2. The molecule has 0 spiro atoms. The van der Waals surface area contributed by atoms with Crippen molar-refractivity contribution < 1.29 is 19.8 Å². The summed E-state index contributed by atoms with van der Waals surface area (Å²) in [4.78, 5) is 40.0. The van der Waals surface area contributed by atoms with Gasteiger partial charge in [0.1, 0.15) is 0 Å². The minimum atomic E-state index is -0.883. The van der Waals surface area contributed by atoms with Crippen LogP contribution in [0.5, 0.6) is 0 Å². The number of aromatic amines is 2. The first kappa shape index (κ1) is 32.2. The number of hydrogen-bond acceptors (Lipinski definition) is 4. The van der Waals surface area contributed by atoms with Gasteiger partial charge in [-0.05, 0) is 98.2 Å². The Bertz CT molecular complexity index is 1920. The van der Waals surface area contributed by atoms with Gasteiger partial charge in [-0.3, -0.25) is 9.59 Å². The molecule has 0 unspecified atom stereocenters. The third-order valence-corrected chi connectivity index (χ3v) is 8.22. The monoisotopic (exact) mass is 604 g/mol.